The minimum absolute atomic E-state index is 0.0352. The van der Waals surface area contributed by atoms with Gasteiger partial charge in [0.25, 0.3) is 0 Å². The van der Waals surface area contributed by atoms with Crippen LogP contribution in [0.15, 0.2) is 17.2 Å². The molecule has 0 amide bonds. The molecule has 0 bridgehead atoms. The number of aromatic hydroxyl groups is 1. The second kappa shape index (κ2) is 5.53. The van der Waals surface area contributed by atoms with Crippen LogP contribution in [-0.2, 0) is 0 Å². The van der Waals surface area contributed by atoms with Crippen LogP contribution < -0.4 is 15.9 Å². The van der Waals surface area contributed by atoms with Gasteiger partial charge in [0.2, 0.25) is 0 Å². The van der Waals surface area contributed by atoms with Gasteiger partial charge in [-0.15, -0.1) is 0 Å². The summed E-state index contributed by atoms with van der Waals surface area (Å²) in [6.07, 6.45) is 1.42. The molecule has 0 saturated carbocycles. The minimum Gasteiger partial charge on any atom is -0.504 e. The number of nitrogens with one attached hydrogen (secondary N) is 1. The van der Waals surface area contributed by atoms with Gasteiger partial charge in [0.05, 0.1) is 18.3 Å². The highest BCUT2D eigenvalue weighted by Crippen LogP contribution is 2.35. The fraction of sp³-hybridized carbons (Fsp3) is 0.111. The van der Waals surface area contributed by atoms with Crippen LogP contribution in [-0.4, -0.2) is 23.5 Å². The predicted molar refractivity (Wildman–Crippen MR) is 67.2 cm³/mol. The Labute approximate surface area is 103 Å². The van der Waals surface area contributed by atoms with Gasteiger partial charge in [0.1, 0.15) is 0 Å². The molecule has 1 aromatic rings. The number of rotatable bonds is 3. The van der Waals surface area contributed by atoms with Crippen molar-refractivity contribution in [2.45, 2.75) is 0 Å². The van der Waals surface area contributed by atoms with E-state index in [2.05, 4.69) is 22.7 Å². The molecule has 0 atom stereocenters. The number of phenolic OH excluding ortho intramolecular Hbond substituents is 1. The SMILES string of the molecule is COc1c(O)ccc(C=NNC(N)=S)c1Cl. The number of hydrogen-bond acceptors (Lipinski definition) is 4. The summed E-state index contributed by atoms with van der Waals surface area (Å²) in [6.45, 7) is 0. The zero-order valence-corrected chi connectivity index (χ0v) is 9.97. The van der Waals surface area contributed by atoms with E-state index < -0.39 is 0 Å². The van der Waals surface area contributed by atoms with Crippen LogP contribution in [0.25, 0.3) is 0 Å². The summed E-state index contributed by atoms with van der Waals surface area (Å²) in [4.78, 5) is 0. The van der Waals surface area contributed by atoms with Crippen LogP contribution in [0.2, 0.25) is 5.02 Å². The van der Waals surface area contributed by atoms with E-state index in [1.807, 2.05) is 0 Å². The summed E-state index contributed by atoms with van der Waals surface area (Å²) in [5.74, 6) is 0.160. The molecule has 86 valence electrons. The summed E-state index contributed by atoms with van der Waals surface area (Å²) in [5.41, 5.74) is 8.14. The van der Waals surface area contributed by atoms with Crippen molar-refractivity contribution in [3.05, 3.63) is 22.7 Å². The number of ether oxygens (including phenoxy) is 1. The van der Waals surface area contributed by atoms with Crippen LogP contribution >= 0.6 is 23.8 Å². The molecule has 0 aliphatic heterocycles. The molecule has 0 aliphatic carbocycles. The average molecular weight is 260 g/mol. The van der Waals surface area contributed by atoms with E-state index in [9.17, 15) is 5.11 Å². The van der Waals surface area contributed by atoms with Gasteiger partial charge in [-0.2, -0.15) is 5.10 Å². The summed E-state index contributed by atoms with van der Waals surface area (Å²) >= 11 is 10.5. The van der Waals surface area contributed by atoms with Gasteiger partial charge in [0.15, 0.2) is 16.6 Å². The molecule has 16 heavy (non-hydrogen) atoms. The molecule has 0 spiro atoms. The molecule has 0 saturated heterocycles. The Kier molecular flexibility index (Phi) is 4.33. The number of nitrogens with zero attached hydrogens (tertiary/aromatic N) is 1. The van der Waals surface area contributed by atoms with Crippen LogP contribution in [0, 0.1) is 0 Å². The van der Waals surface area contributed by atoms with Crippen molar-refractivity contribution in [1.29, 1.82) is 0 Å². The summed E-state index contributed by atoms with van der Waals surface area (Å²) in [6, 6.07) is 3.04. The minimum atomic E-state index is -0.0352. The maximum absolute atomic E-state index is 9.42. The van der Waals surface area contributed by atoms with Crippen molar-refractivity contribution in [3.63, 3.8) is 0 Å². The first-order valence-corrected chi connectivity index (χ1v) is 4.99. The average Bonchev–Trinajstić information content (AvgIpc) is 2.22. The number of phenols is 1. The van der Waals surface area contributed by atoms with Crippen molar-refractivity contribution in [3.8, 4) is 11.5 Å². The second-order valence-electron chi connectivity index (χ2n) is 2.76. The Morgan fingerprint density at radius 1 is 1.69 bits per heavy atom. The van der Waals surface area contributed by atoms with Gasteiger partial charge in [-0.3, -0.25) is 5.43 Å². The summed E-state index contributed by atoms with van der Waals surface area (Å²) < 4.78 is 4.93. The number of methoxy groups -OCH3 is 1. The maximum atomic E-state index is 9.42. The molecule has 0 heterocycles. The van der Waals surface area contributed by atoms with Crippen LogP contribution in [0.5, 0.6) is 11.5 Å². The summed E-state index contributed by atoms with van der Waals surface area (Å²) in [7, 11) is 1.41. The predicted octanol–water partition coefficient (Wildman–Crippen LogP) is 1.22. The fourth-order valence-corrected chi connectivity index (χ4v) is 1.36. The van der Waals surface area contributed by atoms with E-state index in [1.54, 1.807) is 6.07 Å². The first kappa shape index (κ1) is 12.5. The normalized spacial score (nSPS) is 10.4. The molecule has 7 heteroatoms. The lowest BCUT2D eigenvalue weighted by Gasteiger charge is -2.07. The van der Waals surface area contributed by atoms with Gasteiger partial charge >= 0.3 is 0 Å². The summed E-state index contributed by atoms with van der Waals surface area (Å²) in [5, 5.41) is 13.5. The quantitative estimate of drug-likeness (QED) is 0.432. The third-order valence-electron chi connectivity index (χ3n) is 1.69. The van der Waals surface area contributed by atoms with Gasteiger partial charge in [-0.1, -0.05) is 11.6 Å². The van der Waals surface area contributed by atoms with Gasteiger partial charge in [-0.25, -0.2) is 0 Å². The third-order valence-corrected chi connectivity index (χ3v) is 2.17. The van der Waals surface area contributed by atoms with E-state index in [-0.39, 0.29) is 21.6 Å². The lowest BCUT2D eigenvalue weighted by atomic mass is 10.2. The third kappa shape index (κ3) is 2.98. The molecule has 0 aromatic heterocycles. The highest BCUT2D eigenvalue weighted by atomic mass is 35.5. The smallest absolute Gasteiger partial charge is 0.184 e. The maximum Gasteiger partial charge on any atom is 0.184 e. The van der Waals surface area contributed by atoms with Crippen LogP contribution in [0.3, 0.4) is 0 Å². The van der Waals surface area contributed by atoms with Crippen molar-refractivity contribution >= 4 is 35.1 Å². The zero-order valence-electron chi connectivity index (χ0n) is 8.40. The van der Waals surface area contributed by atoms with Crippen molar-refractivity contribution in [2.75, 3.05) is 7.11 Å². The Bertz CT molecular complexity index is 437. The van der Waals surface area contributed by atoms with Crippen molar-refractivity contribution < 1.29 is 9.84 Å². The van der Waals surface area contributed by atoms with Gasteiger partial charge in [-0.05, 0) is 24.4 Å². The molecule has 0 fully saturated rings. The highest BCUT2D eigenvalue weighted by Gasteiger charge is 2.10. The van der Waals surface area contributed by atoms with E-state index in [1.165, 1.54) is 19.4 Å². The van der Waals surface area contributed by atoms with Gasteiger partial charge < -0.3 is 15.6 Å². The number of benzene rings is 1. The largest absolute Gasteiger partial charge is 0.504 e. The van der Waals surface area contributed by atoms with E-state index in [0.717, 1.165) is 0 Å². The zero-order chi connectivity index (χ0) is 12.1. The molecule has 0 radical (unpaired) electrons. The molecule has 0 aliphatic rings. The number of hydrazone groups is 1. The molecule has 1 rings (SSSR count). The van der Waals surface area contributed by atoms with Gasteiger partial charge in [0, 0.05) is 5.56 Å². The Hall–Kier alpha value is -1.53. The lowest BCUT2D eigenvalue weighted by Crippen LogP contribution is -2.24. The van der Waals surface area contributed by atoms with Crippen molar-refractivity contribution in [1.82, 2.24) is 5.43 Å². The highest BCUT2D eigenvalue weighted by molar-refractivity contribution is 7.80. The first-order chi connectivity index (χ1) is 7.56. The standard InChI is InChI=1S/C9H10ClN3O2S/c1-15-8-6(14)3-2-5(7(8)10)4-12-13-9(11)16/h2-4,14H,1H3,(H3,11,13,16). The molecular formula is C9H10ClN3O2S. The Morgan fingerprint density at radius 3 is 2.94 bits per heavy atom. The number of thiocarbonyl (C=S) groups is 1. The van der Waals surface area contributed by atoms with Crippen LogP contribution in [0.4, 0.5) is 0 Å². The number of halogens is 1. The number of hydrogen-bond donors (Lipinski definition) is 3. The van der Waals surface area contributed by atoms with Crippen LogP contribution in [0.1, 0.15) is 5.56 Å². The van der Waals surface area contributed by atoms with E-state index in [4.69, 9.17) is 22.1 Å². The van der Waals surface area contributed by atoms with E-state index >= 15 is 0 Å². The van der Waals surface area contributed by atoms with E-state index in [0.29, 0.717) is 5.56 Å². The topological polar surface area (TPSA) is 79.9 Å². The first-order valence-electron chi connectivity index (χ1n) is 4.20. The fourth-order valence-electron chi connectivity index (χ4n) is 1.02. The molecule has 0 unspecified atom stereocenters. The molecule has 5 nitrogen and oxygen atoms in total. The number of nitrogens with two attached hydrogens (primary N) is 1. The monoisotopic (exact) mass is 259 g/mol. The Balaban J connectivity index is 2.98. The Morgan fingerprint density at radius 2 is 2.38 bits per heavy atom. The second-order valence-corrected chi connectivity index (χ2v) is 3.57. The molecule has 4 N–H and O–H groups in total. The van der Waals surface area contributed by atoms with Crippen molar-refractivity contribution in [2.24, 2.45) is 10.8 Å². The molecular weight excluding hydrogens is 250 g/mol. The lowest BCUT2D eigenvalue weighted by molar-refractivity contribution is 0.373. The molecule has 1 aromatic carbocycles.